The highest BCUT2D eigenvalue weighted by atomic mass is 33.1. The summed E-state index contributed by atoms with van der Waals surface area (Å²) in [5.74, 6) is -0.520. The molecule has 3 aliphatic carbocycles. The predicted octanol–water partition coefficient (Wildman–Crippen LogP) is 12.6. The second kappa shape index (κ2) is 24.8. The number of Topliss-reactive ketones (excluding diaryl/α,β-unsaturated/α-hetero) is 1. The van der Waals surface area contributed by atoms with Gasteiger partial charge >= 0.3 is 0 Å². The van der Waals surface area contributed by atoms with E-state index in [0.29, 0.717) is 47.8 Å². The van der Waals surface area contributed by atoms with E-state index in [2.05, 4.69) is 47.6 Å². The number of aliphatic hydroxyl groups is 3. The van der Waals surface area contributed by atoms with Crippen LogP contribution in [0.2, 0.25) is 0 Å². The Balaban J connectivity index is 1.13. The van der Waals surface area contributed by atoms with Crippen molar-refractivity contribution in [3.8, 4) is 28.7 Å². The molecule has 5 aliphatic rings. The molecule has 2 aliphatic heterocycles. The van der Waals surface area contributed by atoms with Gasteiger partial charge in [-0.1, -0.05) is 124 Å². The molecule has 3 fully saturated rings. The van der Waals surface area contributed by atoms with Crippen LogP contribution < -0.4 is 14.8 Å². The Labute approximate surface area is 487 Å². The molecule has 1 aromatic heterocycles. The number of hydrogen-bond donors (Lipinski definition) is 8. The van der Waals surface area contributed by atoms with Gasteiger partial charge in [-0.05, 0) is 168 Å². The Morgan fingerprint density at radius 2 is 1.61 bits per heavy atom. The van der Waals surface area contributed by atoms with Crippen LogP contribution in [0.3, 0.4) is 0 Å². The monoisotopic (exact) mass is 1160 g/mol. The molecule has 8 N–H and O–H groups in total. The summed E-state index contributed by atoms with van der Waals surface area (Å²) < 4.78 is 13.0. The maximum Gasteiger partial charge on any atom is 0.164 e. The molecule has 10 atom stereocenters. The van der Waals surface area contributed by atoms with E-state index in [1.807, 2.05) is 55.8 Å². The van der Waals surface area contributed by atoms with Crippen molar-refractivity contribution < 1.29 is 44.9 Å². The van der Waals surface area contributed by atoms with Crippen molar-refractivity contribution in [2.45, 2.75) is 137 Å². The molecule has 0 radical (unpaired) electrons. The molecule has 11 nitrogen and oxygen atoms in total. The number of hydrogen-bond acceptors (Lipinski definition) is 14. The highest BCUT2D eigenvalue weighted by Gasteiger charge is 2.62. The maximum absolute atomic E-state index is 17.5. The number of aliphatic hydroxyl groups excluding tert-OH is 3. The number of H-pyrrole nitrogens is 1. The Kier molecular flexibility index (Phi) is 17.8. The van der Waals surface area contributed by atoms with Crippen LogP contribution in [-0.2, 0) is 41.4 Å². The summed E-state index contributed by atoms with van der Waals surface area (Å²) in [4.78, 5) is 20.7. The van der Waals surface area contributed by atoms with E-state index in [4.69, 9.17) is 9.47 Å². The third kappa shape index (κ3) is 10.9. The van der Waals surface area contributed by atoms with Crippen molar-refractivity contribution in [2.24, 2.45) is 23.7 Å². The molecule has 11 rings (SSSR count). The molecule has 6 aromatic rings. The zero-order valence-electron chi connectivity index (χ0n) is 46.2. The fourth-order valence-electron chi connectivity index (χ4n) is 14.9. The van der Waals surface area contributed by atoms with Crippen LogP contribution >= 0.6 is 43.2 Å². The number of ether oxygens (including phenoxy) is 2. The van der Waals surface area contributed by atoms with Crippen molar-refractivity contribution in [3.05, 3.63) is 147 Å². The van der Waals surface area contributed by atoms with Gasteiger partial charge in [-0.25, -0.2) is 0 Å². The average molecular weight is 1160 g/mol. The molecule has 80 heavy (non-hydrogen) atoms. The highest BCUT2D eigenvalue weighted by molar-refractivity contribution is 8.77. The Hall–Kier alpha value is -4.45. The quantitative estimate of drug-likeness (QED) is 0.0640. The average Bonchev–Trinajstić information content (AvgIpc) is 2.81. The van der Waals surface area contributed by atoms with E-state index in [9.17, 15) is 30.6 Å². The molecule has 10 unspecified atom stereocenters. The SMILES string of the molecule is CCc1ccc2cccc3c2c1Cc1c(ccc(O)c1OC)CC(Cc1cc[nH]c1)C(O)C1C(=O)C(c2cc(O)cc(C4(NC)CCCCC4)c2)(C2CSSCC4CCCCC4Oc4cc2ccc4O)C(O)CC1CSSC3CO. The molecule has 0 saturated heterocycles. The largest absolute Gasteiger partial charge is 0.508 e. The first-order chi connectivity index (χ1) is 38.9. The number of phenols is 3. The van der Waals surface area contributed by atoms with E-state index in [-0.39, 0.29) is 53.3 Å². The molecule has 0 spiro atoms. The smallest absolute Gasteiger partial charge is 0.164 e. The van der Waals surface area contributed by atoms with E-state index >= 15 is 4.79 Å². The summed E-state index contributed by atoms with van der Waals surface area (Å²) in [5.41, 5.74) is 5.72. The Morgan fingerprint density at radius 3 is 2.39 bits per heavy atom. The van der Waals surface area contributed by atoms with Crippen LogP contribution in [0.1, 0.15) is 132 Å². The summed E-state index contributed by atoms with van der Waals surface area (Å²) in [6, 6.07) is 27.2. The minimum atomic E-state index is -1.73. The lowest BCUT2D eigenvalue weighted by Crippen LogP contribution is -2.62. The number of aromatic hydroxyl groups is 3. The number of aromatic amines is 1. The lowest BCUT2D eigenvalue weighted by atomic mass is 9.52. The number of aryl methyl sites for hydroxylation is 1. The van der Waals surface area contributed by atoms with Gasteiger partial charge in [0.15, 0.2) is 28.8 Å². The van der Waals surface area contributed by atoms with Crippen LogP contribution in [0, 0.1) is 23.7 Å². The van der Waals surface area contributed by atoms with Crippen molar-refractivity contribution >= 4 is 59.7 Å². The third-order valence-electron chi connectivity index (χ3n) is 19.1. The van der Waals surface area contributed by atoms with E-state index < -0.39 is 46.8 Å². The van der Waals surface area contributed by atoms with Gasteiger partial charge in [-0.2, -0.15) is 0 Å². The zero-order chi connectivity index (χ0) is 55.7. The zero-order valence-corrected chi connectivity index (χ0v) is 49.5. The van der Waals surface area contributed by atoms with Gasteiger partial charge in [0.25, 0.3) is 0 Å². The minimum Gasteiger partial charge on any atom is -0.508 e. The summed E-state index contributed by atoms with van der Waals surface area (Å²) in [6.07, 6.45) is 12.0. The van der Waals surface area contributed by atoms with Gasteiger partial charge < -0.3 is 50.4 Å². The van der Waals surface area contributed by atoms with Crippen LogP contribution in [0.5, 0.6) is 28.7 Å². The second-order valence-electron chi connectivity index (χ2n) is 23.3. The molecule has 2 bridgehead atoms. The molecule has 5 aromatic carbocycles. The molecule has 0 amide bonds. The number of fused-ring (bicyclic) bond motifs is 5. The van der Waals surface area contributed by atoms with Gasteiger partial charge in [0.1, 0.15) is 11.9 Å². The lowest BCUT2D eigenvalue weighted by molar-refractivity contribution is -0.150. The van der Waals surface area contributed by atoms with Crippen molar-refractivity contribution in [3.63, 3.8) is 0 Å². The minimum absolute atomic E-state index is 0.00250. The molecular weight excluding hydrogens is 1080 g/mol. The first-order valence-electron chi connectivity index (χ1n) is 29.0. The first kappa shape index (κ1) is 57.4. The number of benzene rings is 5. The molecule has 3 heterocycles. The fourth-order valence-corrected chi connectivity index (χ4v) is 20.6. The number of phenolic OH excluding ortho intramolecular Hbond substituents is 3. The van der Waals surface area contributed by atoms with Crippen LogP contribution in [0.4, 0.5) is 0 Å². The molecule has 426 valence electrons. The molecule has 3 saturated carbocycles. The van der Waals surface area contributed by atoms with Gasteiger partial charge in [0.2, 0.25) is 0 Å². The summed E-state index contributed by atoms with van der Waals surface area (Å²) in [5, 5.41) is 79.9. The Bertz CT molecular complexity index is 3150. The topological polar surface area (TPSA) is 185 Å². The number of ketones is 1. The number of carbonyl (C=O) groups is 1. The number of carbonyl (C=O) groups excluding carboxylic acids is 1. The number of aromatic nitrogens is 1. The number of rotatable bonds is 9. The van der Waals surface area contributed by atoms with Crippen molar-refractivity contribution in [1.29, 1.82) is 0 Å². The maximum atomic E-state index is 17.5. The number of nitrogens with one attached hydrogen (secondary N) is 2. The van der Waals surface area contributed by atoms with Crippen LogP contribution in [0.15, 0.2) is 97.3 Å². The summed E-state index contributed by atoms with van der Waals surface area (Å²) in [7, 11) is 10.1. The lowest BCUT2D eigenvalue weighted by Gasteiger charge is -2.53. The van der Waals surface area contributed by atoms with Gasteiger partial charge in [-0.15, -0.1) is 0 Å². The van der Waals surface area contributed by atoms with Gasteiger partial charge in [0, 0.05) is 64.9 Å². The predicted molar refractivity (Wildman–Crippen MR) is 327 cm³/mol. The standard InChI is InChI=1S/C65H78N2O9S4/c1-4-39-15-16-40-12-10-13-49-57(34-68)80-79-36-45-28-58(72)65(47-29-46(30-48(69)31-47)64(66-2)22-8-5-9-23-64,52-37-78-77-35-43-11-6-7-14-55(43)76-56-27-42(52)18-19-53(56)70)63(74)60(45)61(73)44(25-38-21-24-67-33-38)26-41-17-20-54(71)62(75-3)51(41)32-50(39)59(40)49/h10,12-13,15-21,24,27,29-31,33,43-45,52,55,57-58,60-61,66-73H,4-9,11,14,22-23,25-26,28,32,34-37H2,1-3H3. The number of methoxy groups -OCH3 is 1. The second-order valence-corrected chi connectivity index (χ2v) is 28.5. The van der Waals surface area contributed by atoms with Crippen LogP contribution in [0.25, 0.3) is 10.8 Å². The van der Waals surface area contributed by atoms with E-state index in [1.54, 1.807) is 68.5 Å². The molecular formula is C65H78N2O9S4. The third-order valence-corrected chi connectivity index (χ3v) is 24.5. The van der Waals surface area contributed by atoms with Gasteiger partial charge in [0.05, 0.1) is 36.6 Å². The highest BCUT2D eigenvalue weighted by Crippen LogP contribution is 2.58. The summed E-state index contributed by atoms with van der Waals surface area (Å²) >= 11 is 0. The first-order valence-corrected chi connectivity index (χ1v) is 33.9. The normalized spacial score (nSPS) is 28.4. The fraction of sp³-hybridized carbons (Fsp3) is 0.492. The van der Waals surface area contributed by atoms with Crippen LogP contribution in [-0.4, -0.2) is 97.7 Å². The Morgan fingerprint density at radius 1 is 0.825 bits per heavy atom. The molecule has 15 heteroatoms. The summed E-state index contributed by atoms with van der Waals surface area (Å²) in [6.45, 7) is 1.99. The van der Waals surface area contributed by atoms with E-state index in [1.165, 1.54) is 0 Å². The van der Waals surface area contributed by atoms with Crippen molar-refractivity contribution in [2.75, 3.05) is 38.0 Å². The van der Waals surface area contributed by atoms with Gasteiger partial charge in [-0.3, -0.25) is 4.79 Å². The van der Waals surface area contributed by atoms with Crippen molar-refractivity contribution in [1.82, 2.24) is 10.3 Å². The van der Waals surface area contributed by atoms with E-state index in [0.717, 1.165) is 125 Å².